The first kappa shape index (κ1) is 18.7. The van der Waals surface area contributed by atoms with Crippen LogP contribution >= 0.6 is 0 Å². The van der Waals surface area contributed by atoms with Gasteiger partial charge in [0.2, 0.25) is 0 Å². The molecule has 0 saturated heterocycles. The zero-order valence-corrected chi connectivity index (χ0v) is 16.1. The molecule has 0 unspecified atom stereocenters. The Bertz CT molecular complexity index is 702. The molecule has 0 N–H and O–H groups in total. The highest BCUT2D eigenvalue weighted by molar-refractivity contribution is 5.97. The fraction of sp³-hybridized carbons (Fsp3) is 0.458. The van der Waals surface area contributed by atoms with E-state index in [1.54, 1.807) is 0 Å². The standard InChI is InChI=1S/C24H30O2/c1-3-4-5-6-7-8-13-18-26-23(25)24(2)21-16-11-9-14-19(21)20-15-10-12-17-22(20)24/h9-12,14-17H,3-8,13,18H2,1-2H3. The second-order valence-electron chi connectivity index (χ2n) is 7.47. The number of carbonyl (C=O) groups excluding carboxylic acids is 1. The molecule has 0 heterocycles. The van der Waals surface area contributed by atoms with E-state index >= 15 is 0 Å². The van der Waals surface area contributed by atoms with E-state index < -0.39 is 5.41 Å². The van der Waals surface area contributed by atoms with Gasteiger partial charge in [-0.15, -0.1) is 0 Å². The highest BCUT2D eigenvalue weighted by Gasteiger charge is 2.46. The lowest BCUT2D eigenvalue weighted by Crippen LogP contribution is -2.34. The fourth-order valence-electron chi connectivity index (χ4n) is 4.04. The number of ether oxygens (including phenoxy) is 1. The Morgan fingerprint density at radius 1 is 0.808 bits per heavy atom. The molecule has 3 rings (SSSR count). The Kier molecular flexibility index (Phi) is 6.13. The second kappa shape index (κ2) is 8.53. The van der Waals surface area contributed by atoms with Crippen LogP contribution in [-0.4, -0.2) is 12.6 Å². The van der Waals surface area contributed by atoms with Crippen molar-refractivity contribution >= 4 is 5.97 Å². The van der Waals surface area contributed by atoms with Gasteiger partial charge in [-0.3, -0.25) is 4.79 Å². The molecule has 0 aliphatic heterocycles. The first-order valence-electron chi connectivity index (χ1n) is 10.1. The predicted octanol–water partition coefficient (Wildman–Crippen LogP) is 6.27. The molecule has 0 fully saturated rings. The van der Waals surface area contributed by atoms with Crippen LogP contribution in [0.1, 0.15) is 69.9 Å². The van der Waals surface area contributed by atoms with Crippen LogP contribution in [0.2, 0.25) is 0 Å². The van der Waals surface area contributed by atoms with E-state index in [1.807, 2.05) is 31.2 Å². The van der Waals surface area contributed by atoms with Gasteiger partial charge in [-0.25, -0.2) is 0 Å². The maximum atomic E-state index is 13.0. The number of unbranched alkanes of at least 4 members (excludes halogenated alkanes) is 6. The first-order valence-corrected chi connectivity index (χ1v) is 10.1. The third-order valence-corrected chi connectivity index (χ3v) is 5.61. The molecule has 0 aromatic heterocycles. The Hall–Kier alpha value is -2.09. The van der Waals surface area contributed by atoms with Gasteiger partial charge in [-0.1, -0.05) is 94.0 Å². The van der Waals surface area contributed by atoms with Crippen molar-refractivity contribution in [3.05, 3.63) is 59.7 Å². The molecule has 0 amide bonds. The van der Waals surface area contributed by atoms with E-state index in [9.17, 15) is 4.79 Å². The Morgan fingerprint density at radius 2 is 1.31 bits per heavy atom. The summed E-state index contributed by atoms with van der Waals surface area (Å²) >= 11 is 0. The minimum Gasteiger partial charge on any atom is -0.465 e. The van der Waals surface area contributed by atoms with Gasteiger partial charge >= 0.3 is 5.97 Å². The zero-order chi connectivity index (χ0) is 18.4. The highest BCUT2D eigenvalue weighted by Crippen LogP contribution is 2.49. The fourth-order valence-corrected chi connectivity index (χ4v) is 4.04. The first-order chi connectivity index (χ1) is 12.7. The summed E-state index contributed by atoms with van der Waals surface area (Å²) in [5.41, 5.74) is 3.72. The minimum atomic E-state index is -0.700. The molecule has 0 radical (unpaired) electrons. The van der Waals surface area contributed by atoms with Gasteiger partial charge in [-0.2, -0.15) is 0 Å². The van der Waals surface area contributed by atoms with Crippen LogP contribution in [0, 0.1) is 0 Å². The molecule has 0 atom stereocenters. The number of fused-ring (bicyclic) bond motifs is 3. The molecular formula is C24H30O2. The molecule has 2 nitrogen and oxygen atoms in total. The van der Waals surface area contributed by atoms with Gasteiger partial charge in [0.15, 0.2) is 0 Å². The topological polar surface area (TPSA) is 26.3 Å². The van der Waals surface area contributed by atoms with Crippen LogP contribution < -0.4 is 0 Å². The Balaban J connectivity index is 1.62. The molecule has 0 saturated carbocycles. The van der Waals surface area contributed by atoms with E-state index in [2.05, 4.69) is 31.2 Å². The van der Waals surface area contributed by atoms with Crippen molar-refractivity contribution in [2.45, 2.75) is 64.2 Å². The summed E-state index contributed by atoms with van der Waals surface area (Å²) in [6, 6.07) is 16.4. The number of rotatable bonds is 9. The maximum Gasteiger partial charge on any atom is 0.320 e. The van der Waals surface area contributed by atoms with Crippen LogP contribution in [0.15, 0.2) is 48.5 Å². The minimum absolute atomic E-state index is 0.124. The lowest BCUT2D eigenvalue weighted by atomic mass is 9.80. The van der Waals surface area contributed by atoms with Gasteiger partial charge in [0.25, 0.3) is 0 Å². The summed E-state index contributed by atoms with van der Waals surface area (Å²) in [6.07, 6.45) is 8.55. The average molecular weight is 351 g/mol. The highest BCUT2D eigenvalue weighted by atomic mass is 16.5. The summed E-state index contributed by atoms with van der Waals surface area (Å²) in [5, 5.41) is 0. The lowest BCUT2D eigenvalue weighted by molar-refractivity contribution is -0.148. The van der Waals surface area contributed by atoms with Crippen molar-refractivity contribution in [3.8, 4) is 11.1 Å². The second-order valence-corrected chi connectivity index (χ2v) is 7.47. The molecule has 0 bridgehead atoms. The Morgan fingerprint density at radius 3 is 1.88 bits per heavy atom. The normalized spacial score (nSPS) is 13.9. The van der Waals surface area contributed by atoms with Gasteiger partial charge in [-0.05, 0) is 35.6 Å². The van der Waals surface area contributed by atoms with Crippen molar-refractivity contribution in [1.29, 1.82) is 0 Å². The number of esters is 1. The van der Waals surface area contributed by atoms with Crippen molar-refractivity contribution in [2.75, 3.05) is 6.61 Å². The summed E-state index contributed by atoms with van der Waals surface area (Å²) in [7, 11) is 0. The van der Waals surface area contributed by atoms with Gasteiger partial charge in [0.1, 0.15) is 5.41 Å². The quantitative estimate of drug-likeness (QED) is 0.394. The average Bonchev–Trinajstić information content (AvgIpc) is 2.95. The number of carbonyl (C=O) groups is 1. The summed E-state index contributed by atoms with van der Waals surface area (Å²) in [6.45, 7) is 4.76. The van der Waals surface area contributed by atoms with Gasteiger partial charge in [0, 0.05) is 0 Å². The molecule has 1 aliphatic carbocycles. The van der Waals surface area contributed by atoms with Crippen LogP contribution in [0.3, 0.4) is 0 Å². The van der Waals surface area contributed by atoms with Crippen LogP contribution in [0.5, 0.6) is 0 Å². The number of hydrogen-bond acceptors (Lipinski definition) is 2. The molecule has 2 heteroatoms. The zero-order valence-electron chi connectivity index (χ0n) is 16.1. The molecular weight excluding hydrogens is 320 g/mol. The van der Waals surface area contributed by atoms with Crippen molar-refractivity contribution < 1.29 is 9.53 Å². The summed E-state index contributed by atoms with van der Waals surface area (Å²) < 4.78 is 5.73. The van der Waals surface area contributed by atoms with E-state index in [0.29, 0.717) is 6.61 Å². The number of hydrogen-bond donors (Lipinski definition) is 0. The largest absolute Gasteiger partial charge is 0.465 e. The lowest BCUT2D eigenvalue weighted by Gasteiger charge is -2.25. The summed E-state index contributed by atoms with van der Waals surface area (Å²) in [4.78, 5) is 13.0. The van der Waals surface area contributed by atoms with Crippen LogP contribution in [0.4, 0.5) is 0 Å². The van der Waals surface area contributed by atoms with E-state index in [4.69, 9.17) is 4.74 Å². The molecule has 138 valence electrons. The third-order valence-electron chi connectivity index (χ3n) is 5.61. The molecule has 1 aliphatic rings. The van der Waals surface area contributed by atoms with Gasteiger partial charge < -0.3 is 4.74 Å². The SMILES string of the molecule is CCCCCCCCCOC(=O)C1(C)c2ccccc2-c2ccccc21. The smallest absolute Gasteiger partial charge is 0.320 e. The van der Waals surface area contributed by atoms with Crippen molar-refractivity contribution in [1.82, 2.24) is 0 Å². The Labute approximate surface area is 157 Å². The van der Waals surface area contributed by atoms with E-state index in [0.717, 1.165) is 35.1 Å². The van der Waals surface area contributed by atoms with Gasteiger partial charge in [0.05, 0.1) is 6.61 Å². The predicted molar refractivity (Wildman–Crippen MR) is 107 cm³/mol. The van der Waals surface area contributed by atoms with Crippen molar-refractivity contribution in [3.63, 3.8) is 0 Å². The van der Waals surface area contributed by atoms with E-state index in [1.165, 1.54) is 32.1 Å². The van der Waals surface area contributed by atoms with Crippen molar-refractivity contribution in [2.24, 2.45) is 0 Å². The maximum absolute atomic E-state index is 13.0. The monoisotopic (exact) mass is 350 g/mol. The molecule has 0 spiro atoms. The van der Waals surface area contributed by atoms with E-state index in [-0.39, 0.29) is 5.97 Å². The summed E-state index contributed by atoms with van der Waals surface area (Å²) in [5.74, 6) is -0.124. The molecule has 2 aromatic rings. The molecule has 2 aromatic carbocycles. The number of benzene rings is 2. The van der Waals surface area contributed by atoms with Crippen LogP contribution in [-0.2, 0) is 14.9 Å². The third kappa shape index (κ3) is 3.56. The molecule has 26 heavy (non-hydrogen) atoms. The van der Waals surface area contributed by atoms with Crippen LogP contribution in [0.25, 0.3) is 11.1 Å².